The van der Waals surface area contributed by atoms with E-state index in [1.807, 2.05) is 60.9 Å². The molecule has 7 nitrogen and oxygen atoms in total. The second kappa shape index (κ2) is 9.48. The van der Waals surface area contributed by atoms with Gasteiger partial charge in [-0.1, -0.05) is 36.4 Å². The van der Waals surface area contributed by atoms with Gasteiger partial charge >= 0.3 is 0 Å². The average Bonchev–Trinajstić information content (AvgIpc) is 3.36. The molecule has 0 aliphatic carbocycles. The van der Waals surface area contributed by atoms with Crippen LogP contribution in [-0.4, -0.2) is 40.1 Å². The number of hydrogen-bond donors (Lipinski definition) is 3. The highest BCUT2D eigenvalue weighted by Crippen LogP contribution is 2.24. The molecule has 32 heavy (non-hydrogen) atoms. The molecule has 0 amide bonds. The van der Waals surface area contributed by atoms with Crippen LogP contribution in [0, 0.1) is 0 Å². The predicted molar refractivity (Wildman–Crippen MR) is 128 cm³/mol. The van der Waals surface area contributed by atoms with Crippen molar-refractivity contribution >= 4 is 33.6 Å². The minimum Gasteiger partial charge on any atom is -0.330 e. The molecular formula is C25H29N5O2. The molecule has 2 aromatic heterocycles. The van der Waals surface area contributed by atoms with Crippen molar-refractivity contribution in [3.8, 4) is 0 Å². The lowest BCUT2D eigenvalue weighted by atomic mass is 10.1. The molecule has 2 aromatic carbocycles. The van der Waals surface area contributed by atoms with Gasteiger partial charge in [0.05, 0.1) is 17.1 Å². The number of hydrogen-bond acceptors (Lipinski definition) is 5. The Morgan fingerprint density at radius 3 is 1.84 bits per heavy atom. The molecule has 0 aliphatic rings. The van der Waals surface area contributed by atoms with Gasteiger partial charge in [-0.15, -0.1) is 0 Å². The van der Waals surface area contributed by atoms with Gasteiger partial charge in [-0.2, -0.15) is 0 Å². The van der Waals surface area contributed by atoms with Crippen molar-refractivity contribution in [2.24, 2.45) is 17.2 Å². The number of carbonyl (C=O) groups excluding carboxylic acids is 2. The standard InChI is InChI=1S/C25H29N5O2/c26-13-11-17-15-29(22-7-3-1-5-19(17)22)24(31)10-9-21(28)25(32)30-16-18(12-14-27)20-6-2-4-8-23(20)30/h1-8,15-16,21H,9-14,26-28H2. The van der Waals surface area contributed by atoms with Gasteiger partial charge in [0.2, 0.25) is 11.8 Å². The molecule has 4 aromatic rings. The lowest BCUT2D eigenvalue weighted by molar-refractivity contribution is 0.0859. The Kier molecular flexibility index (Phi) is 6.50. The highest BCUT2D eigenvalue weighted by Gasteiger charge is 2.21. The molecule has 0 aliphatic heterocycles. The Morgan fingerprint density at radius 1 is 0.781 bits per heavy atom. The van der Waals surface area contributed by atoms with Gasteiger partial charge in [0.25, 0.3) is 0 Å². The number of nitrogens with two attached hydrogens (primary N) is 3. The zero-order valence-corrected chi connectivity index (χ0v) is 18.0. The summed E-state index contributed by atoms with van der Waals surface area (Å²) in [5, 5.41) is 2.03. The van der Waals surface area contributed by atoms with E-state index in [-0.39, 0.29) is 24.7 Å². The van der Waals surface area contributed by atoms with Crippen molar-refractivity contribution in [1.29, 1.82) is 0 Å². The van der Waals surface area contributed by atoms with Crippen molar-refractivity contribution in [3.63, 3.8) is 0 Å². The van der Waals surface area contributed by atoms with E-state index in [0.717, 1.165) is 32.9 Å². The van der Waals surface area contributed by atoms with E-state index in [4.69, 9.17) is 17.2 Å². The quantitative estimate of drug-likeness (QED) is 0.396. The van der Waals surface area contributed by atoms with Gasteiger partial charge < -0.3 is 17.2 Å². The monoisotopic (exact) mass is 431 g/mol. The summed E-state index contributed by atoms with van der Waals surface area (Å²) in [6, 6.07) is 14.7. The van der Waals surface area contributed by atoms with E-state index in [0.29, 0.717) is 25.9 Å². The normalized spacial score (nSPS) is 12.5. The molecule has 6 N–H and O–H groups in total. The fraction of sp³-hybridized carbons (Fsp3) is 0.280. The fourth-order valence-electron chi connectivity index (χ4n) is 4.30. The number of para-hydroxylation sites is 2. The third-order valence-electron chi connectivity index (χ3n) is 5.91. The van der Waals surface area contributed by atoms with Gasteiger partial charge in [0, 0.05) is 29.6 Å². The molecule has 0 bridgehead atoms. The van der Waals surface area contributed by atoms with Crippen molar-refractivity contribution in [3.05, 3.63) is 72.1 Å². The summed E-state index contributed by atoms with van der Waals surface area (Å²) in [7, 11) is 0. The smallest absolute Gasteiger partial charge is 0.247 e. The van der Waals surface area contributed by atoms with Crippen LogP contribution in [0.2, 0.25) is 0 Å². The fourth-order valence-corrected chi connectivity index (χ4v) is 4.30. The summed E-state index contributed by atoms with van der Waals surface area (Å²) in [4.78, 5) is 26.1. The second-order valence-corrected chi connectivity index (χ2v) is 8.04. The Morgan fingerprint density at radius 2 is 1.28 bits per heavy atom. The van der Waals surface area contributed by atoms with E-state index in [1.54, 1.807) is 9.13 Å². The number of fused-ring (bicyclic) bond motifs is 2. The molecule has 0 saturated carbocycles. The Labute approximate surface area is 186 Å². The molecule has 166 valence electrons. The van der Waals surface area contributed by atoms with E-state index in [2.05, 4.69) is 0 Å². The first-order valence-corrected chi connectivity index (χ1v) is 11.0. The van der Waals surface area contributed by atoms with Crippen LogP contribution >= 0.6 is 0 Å². The SMILES string of the molecule is NCCc1cn(C(=O)CCC(N)C(=O)n2cc(CCN)c3ccccc32)c2ccccc12. The summed E-state index contributed by atoms with van der Waals surface area (Å²) >= 11 is 0. The van der Waals surface area contributed by atoms with Crippen molar-refractivity contribution in [2.75, 3.05) is 13.1 Å². The highest BCUT2D eigenvalue weighted by atomic mass is 16.2. The van der Waals surface area contributed by atoms with Crippen LogP contribution in [-0.2, 0) is 12.8 Å². The van der Waals surface area contributed by atoms with Crippen LogP contribution in [0.3, 0.4) is 0 Å². The van der Waals surface area contributed by atoms with Gasteiger partial charge in [-0.3, -0.25) is 18.7 Å². The molecule has 0 fully saturated rings. The average molecular weight is 432 g/mol. The first-order chi connectivity index (χ1) is 15.5. The first kappa shape index (κ1) is 22.0. The minimum absolute atomic E-state index is 0.0890. The lowest BCUT2D eigenvalue weighted by Gasteiger charge is -2.12. The topological polar surface area (TPSA) is 122 Å². The summed E-state index contributed by atoms with van der Waals surface area (Å²) in [6.07, 6.45) is 5.48. The first-order valence-electron chi connectivity index (χ1n) is 11.0. The molecule has 0 saturated heterocycles. The molecule has 0 radical (unpaired) electrons. The number of carbonyl (C=O) groups is 2. The van der Waals surface area contributed by atoms with Crippen LogP contribution in [0.4, 0.5) is 0 Å². The third kappa shape index (κ3) is 4.10. The summed E-state index contributed by atoms with van der Waals surface area (Å²) in [6.45, 7) is 1.01. The van der Waals surface area contributed by atoms with E-state index >= 15 is 0 Å². The highest BCUT2D eigenvalue weighted by molar-refractivity contribution is 5.97. The largest absolute Gasteiger partial charge is 0.330 e. The van der Waals surface area contributed by atoms with Crippen molar-refractivity contribution in [1.82, 2.24) is 9.13 Å². The van der Waals surface area contributed by atoms with Crippen LogP contribution < -0.4 is 17.2 Å². The van der Waals surface area contributed by atoms with Crippen LogP contribution in [0.25, 0.3) is 21.8 Å². The summed E-state index contributed by atoms with van der Waals surface area (Å²) in [5.74, 6) is -0.313. The maximum atomic E-state index is 13.1. The van der Waals surface area contributed by atoms with E-state index in [1.165, 1.54) is 0 Å². The Hall–Kier alpha value is -3.26. The molecule has 7 heteroatoms. The maximum Gasteiger partial charge on any atom is 0.247 e. The summed E-state index contributed by atoms with van der Waals surface area (Å²) in [5.41, 5.74) is 21.4. The van der Waals surface area contributed by atoms with Gasteiger partial charge in [-0.05, 0) is 55.6 Å². The van der Waals surface area contributed by atoms with Gasteiger partial charge in [0.1, 0.15) is 0 Å². The van der Waals surface area contributed by atoms with E-state index < -0.39 is 6.04 Å². The Bertz CT molecular complexity index is 1270. The van der Waals surface area contributed by atoms with Crippen LogP contribution in [0.15, 0.2) is 60.9 Å². The minimum atomic E-state index is -0.786. The molecular weight excluding hydrogens is 402 g/mol. The van der Waals surface area contributed by atoms with Crippen LogP contribution in [0.5, 0.6) is 0 Å². The molecule has 1 unspecified atom stereocenters. The van der Waals surface area contributed by atoms with Crippen molar-refractivity contribution in [2.45, 2.75) is 31.7 Å². The number of benzene rings is 2. The number of rotatable bonds is 8. The third-order valence-corrected chi connectivity index (χ3v) is 5.91. The van der Waals surface area contributed by atoms with Gasteiger partial charge in [0.15, 0.2) is 0 Å². The maximum absolute atomic E-state index is 13.1. The molecule has 0 spiro atoms. The molecule has 4 rings (SSSR count). The lowest BCUT2D eigenvalue weighted by Crippen LogP contribution is -2.35. The van der Waals surface area contributed by atoms with Crippen LogP contribution in [0.1, 0.15) is 33.6 Å². The zero-order valence-electron chi connectivity index (χ0n) is 18.0. The van der Waals surface area contributed by atoms with Crippen molar-refractivity contribution < 1.29 is 9.59 Å². The Balaban J connectivity index is 1.52. The number of aromatic nitrogens is 2. The van der Waals surface area contributed by atoms with E-state index in [9.17, 15) is 9.59 Å². The van der Waals surface area contributed by atoms with Gasteiger partial charge in [-0.25, -0.2) is 0 Å². The number of nitrogens with zero attached hydrogens (tertiary/aromatic N) is 2. The predicted octanol–water partition coefficient (Wildman–Crippen LogP) is 2.69. The second-order valence-electron chi connectivity index (χ2n) is 8.04. The zero-order chi connectivity index (χ0) is 22.7. The molecule has 2 heterocycles. The molecule has 1 atom stereocenters. The summed E-state index contributed by atoms with van der Waals surface area (Å²) < 4.78 is 3.25.